The number of carbonyl (C=O) groups is 1. The van der Waals surface area contributed by atoms with E-state index in [1.807, 2.05) is 6.79 Å². The first-order valence-corrected chi connectivity index (χ1v) is 4.86. The zero-order valence-electron chi connectivity index (χ0n) is 9.58. The van der Waals surface area contributed by atoms with E-state index < -0.39 is 5.82 Å². The molecule has 4 N–H and O–H groups in total. The lowest BCUT2D eigenvalue weighted by molar-refractivity contribution is -0.0979. The van der Waals surface area contributed by atoms with E-state index in [1.165, 1.54) is 24.3 Å². The molecular formula is C13H14FNO3. The van der Waals surface area contributed by atoms with Gasteiger partial charge in [-0.25, -0.2) is 4.39 Å². The molecule has 0 saturated carbocycles. The van der Waals surface area contributed by atoms with Crippen LogP contribution in [0.3, 0.4) is 0 Å². The van der Waals surface area contributed by atoms with Gasteiger partial charge in [0, 0.05) is 17.8 Å². The number of anilines is 1. The summed E-state index contributed by atoms with van der Waals surface area (Å²) in [6.45, 7) is 2.00. The Morgan fingerprint density at radius 2 is 1.44 bits per heavy atom. The topological polar surface area (TPSA) is 83.6 Å². The number of phenolic OH excluding ortho intramolecular Hbond substituents is 2. The van der Waals surface area contributed by atoms with Gasteiger partial charge < -0.3 is 20.7 Å². The van der Waals surface area contributed by atoms with E-state index in [-0.39, 0.29) is 11.5 Å². The Hall–Kier alpha value is -2.56. The van der Waals surface area contributed by atoms with Gasteiger partial charge in [-0.3, -0.25) is 0 Å². The Bertz CT molecular complexity index is 399. The summed E-state index contributed by atoms with van der Waals surface area (Å²) in [5.41, 5.74) is 5.89. The molecule has 0 aliphatic carbocycles. The molecule has 0 radical (unpaired) electrons. The minimum absolute atomic E-state index is 0.0370. The van der Waals surface area contributed by atoms with E-state index in [2.05, 4.69) is 0 Å². The second-order valence-corrected chi connectivity index (χ2v) is 3.07. The van der Waals surface area contributed by atoms with Crippen molar-refractivity contribution in [3.63, 3.8) is 0 Å². The third kappa shape index (κ3) is 6.84. The van der Waals surface area contributed by atoms with Gasteiger partial charge in [-0.2, -0.15) is 0 Å². The number of nitrogens with two attached hydrogens (primary N) is 1. The van der Waals surface area contributed by atoms with Crippen molar-refractivity contribution in [3.8, 4) is 11.5 Å². The van der Waals surface area contributed by atoms with Crippen LogP contribution < -0.4 is 5.73 Å². The molecule has 0 bridgehead atoms. The fourth-order valence-electron chi connectivity index (χ4n) is 1.00. The van der Waals surface area contributed by atoms with Crippen molar-refractivity contribution in [2.45, 2.75) is 0 Å². The summed E-state index contributed by atoms with van der Waals surface area (Å²) in [6, 6.07) is 11.7. The molecule has 0 heterocycles. The number of halogens is 1. The average molecular weight is 251 g/mol. The minimum atomic E-state index is -0.412. The van der Waals surface area contributed by atoms with Crippen LogP contribution in [-0.4, -0.2) is 17.0 Å². The number of carbonyl (C=O) groups excluding carboxylic acids is 1. The smallest absolute Gasteiger partial charge is 0.126 e. The molecule has 5 heteroatoms. The monoisotopic (exact) mass is 251 g/mol. The van der Waals surface area contributed by atoms with Gasteiger partial charge in [0.15, 0.2) is 0 Å². The molecule has 0 spiro atoms. The molecule has 0 aromatic heterocycles. The normalized spacial score (nSPS) is 8.28. The largest absolute Gasteiger partial charge is 0.508 e. The van der Waals surface area contributed by atoms with Crippen LogP contribution in [0, 0.1) is 5.82 Å². The van der Waals surface area contributed by atoms with E-state index >= 15 is 0 Å². The molecule has 18 heavy (non-hydrogen) atoms. The van der Waals surface area contributed by atoms with Gasteiger partial charge in [0.25, 0.3) is 0 Å². The second-order valence-electron chi connectivity index (χ2n) is 3.07. The van der Waals surface area contributed by atoms with Crippen LogP contribution in [0.2, 0.25) is 0 Å². The van der Waals surface area contributed by atoms with Gasteiger partial charge in [0.05, 0.1) is 0 Å². The second kappa shape index (κ2) is 8.58. The van der Waals surface area contributed by atoms with Crippen LogP contribution in [0.1, 0.15) is 0 Å². The predicted molar refractivity (Wildman–Crippen MR) is 67.7 cm³/mol. The fourth-order valence-corrected chi connectivity index (χ4v) is 1.00. The van der Waals surface area contributed by atoms with E-state index in [9.17, 15) is 4.39 Å². The molecule has 0 amide bonds. The standard InChI is InChI=1S/C6H5FO.C6H7NO.CH2O/c2*7-5-2-1-3-6(8)4-5;1-2/h1-4,8H;1-4,8H,7H2;1H2. The van der Waals surface area contributed by atoms with Gasteiger partial charge in [-0.05, 0) is 24.3 Å². The molecule has 0 saturated heterocycles. The van der Waals surface area contributed by atoms with Gasteiger partial charge in [0.2, 0.25) is 0 Å². The van der Waals surface area contributed by atoms with Gasteiger partial charge >= 0.3 is 0 Å². The predicted octanol–water partition coefficient (Wildman–Crippen LogP) is 2.32. The summed E-state index contributed by atoms with van der Waals surface area (Å²) in [5.74, 6) is -0.236. The Kier molecular flexibility index (Phi) is 7.36. The van der Waals surface area contributed by atoms with E-state index in [0.29, 0.717) is 5.69 Å². The summed E-state index contributed by atoms with van der Waals surface area (Å²) in [4.78, 5) is 8.00. The number of phenols is 2. The first-order chi connectivity index (χ1) is 8.58. The molecule has 2 aromatic rings. The molecule has 0 atom stereocenters. The Balaban J connectivity index is 0.000000283. The highest BCUT2D eigenvalue weighted by Gasteiger charge is 1.87. The lowest BCUT2D eigenvalue weighted by Gasteiger charge is -1.90. The highest BCUT2D eigenvalue weighted by Crippen LogP contribution is 2.11. The van der Waals surface area contributed by atoms with E-state index in [0.717, 1.165) is 6.07 Å². The maximum atomic E-state index is 12.0. The zero-order valence-corrected chi connectivity index (χ0v) is 9.58. The van der Waals surface area contributed by atoms with Crippen LogP contribution in [0.5, 0.6) is 11.5 Å². The summed E-state index contributed by atoms with van der Waals surface area (Å²) in [7, 11) is 0. The maximum Gasteiger partial charge on any atom is 0.126 e. The summed E-state index contributed by atoms with van der Waals surface area (Å²) < 4.78 is 12.0. The third-order valence-corrected chi connectivity index (χ3v) is 1.68. The molecule has 2 aromatic carbocycles. The molecule has 4 nitrogen and oxygen atoms in total. The molecule has 2 rings (SSSR count). The van der Waals surface area contributed by atoms with Crippen LogP contribution in [0.15, 0.2) is 48.5 Å². The van der Waals surface area contributed by atoms with Crippen LogP contribution in [0.25, 0.3) is 0 Å². The SMILES string of the molecule is C=O.Nc1cccc(O)c1.Oc1cccc(F)c1. The van der Waals surface area contributed by atoms with Gasteiger partial charge in [-0.15, -0.1) is 0 Å². The molecule has 0 aliphatic heterocycles. The lowest BCUT2D eigenvalue weighted by Crippen LogP contribution is -1.80. The fraction of sp³-hybridized carbons (Fsp3) is 0. The van der Waals surface area contributed by atoms with Gasteiger partial charge in [0.1, 0.15) is 24.1 Å². The van der Waals surface area contributed by atoms with Gasteiger partial charge in [-0.1, -0.05) is 12.1 Å². The highest BCUT2D eigenvalue weighted by atomic mass is 19.1. The molecule has 0 fully saturated rings. The maximum absolute atomic E-state index is 12.0. The minimum Gasteiger partial charge on any atom is -0.508 e. The molecule has 0 aliphatic rings. The van der Waals surface area contributed by atoms with Crippen LogP contribution >= 0.6 is 0 Å². The zero-order chi connectivity index (χ0) is 14.0. The molecule has 0 unspecified atom stereocenters. The Morgan fingerprint density at radius 3 is 1.72 bits per heavy atom. The first-order valence-electron chi connectivity index (χ1n) is 4.86. The number of hydrogen-bond acceptors (Lipinski definition) is 4. The summed E-state index contributed by atoms with van der Waals surface area (Å²) >= 11 is 0. The number of nitrogen functional groups attached to an aromatic ring is 1. The quantitative estimate of drug-likeness (QED) is 0.627. The molecule has 96 valence electrons. The van der Waals surface area contributed by atoms with Crippen molar-refractivity contribution in [1.82, 2.24) is 0 Å². The van der Waals surface area contributed by atoms with Crippen molar-refractivity contribution in [1.29, 1.82) is 0 Å². The lowest BCUT2D eigenvalue weighted by atomic mass is 10.3. The number of hydrogen-bond donors (Lipinski definition) is 3. The van der Waals surface area contributed by atoms with E-state index in [4.69, 9.17) is 20.7 Å². The average Bonchev–Trinajstić information content (AvgIpc) is 2.31. The number of benzene rings is 2. The van der Waals surface area contributed by atoms with Crippen molar-refractivity contribution in [2.75, 3.05) is 5.73 Å². The van der Waals surface area contributed by atoms with Crippen molar-refractivity contribution in [2.24, 2.45) is 0 Å². The third-order valence-electron chi connectivity index (χ3n) is 1.68. The van der Waals surface area contributed by atoms with Crippen molar-refractivity contribution in [3.05, 3.63) is 54.3 Å². The van der Waals surface area contributed by atoms with Crippen LogP contribution in [-0.2, 0) is 4.79 Å². The summed E-state index contributed by atoms with van der Waals surface area (Å²) in [6.07, 6.45) is 0. The van der Waals surface area contributed by atoms with E-state index in [1.54, 1.807) is 18.2 Å². The first kappa shape index (κ1) is 15.4. The number of rotatable bonds is 0. The van der Waals surface area contributed by atoms with Crippen molar-refractivity contribution < 1.29 is 19.4 Å². The van der Waals surface area contributed by atoms with Crippen LogP contribution in [0.4, 0.5) is 10.1 Å². The number of aromatic hydroxyl groups is 2. The molecular weight excluding hydrogens is 237 g/mol. The highest BCUT2D eigenvalue weighted by molar-refractivity contribution is 5.42. The Morgan fingerprint density at radius 1 is 0.944 bits per heavy atom. The Labute approximate surface area is 104 Å². The summed E-state index contributed by atoms with van der Waals surface area (Å²) in [5, 5.41) is 17.3. The van der Waals surface area contributed by atoms with Crippen molar-refractivity contribution >= 4 is 12.5 Å².